The van der Waals surface area contributed by atoms with Crippen molar-refractivity contribution in [1.29, 1.82) is 0 Å². The molecular formula is C6H13ClFNO. The largest absolute Gasteiger partial charge is 0.393 e. The zero-order valence-corrected chi connectivity index (χ0v) is 6.53. The van der Waals surface area contributed by atoms with E-state index in [2.05, 4.69) is 5.32 Å². The minimum Gasteiger partial charge on any atom is -0.393 e. The molecule has 10 heavy (non-hydrogen) atoms. The van der Waals surface area contributed by atoms with Crippen molar-refractivity contribution in [2.45, 2.75) is 12.5 Å². The van der Waals surface area contributed by atoms with Crippen molar-refractivity contribution in [2.24, 2.45) is 5.92 Å². The Morgan fingerprint density at radius 3 is 2.70 bits per heavy atom. The van der Waals surface area contributed by atoms with E-state index in [4.69, 9.17) is 5.11 Å². The molecule has 0 aromatic carbocycles. The quantitative estimate of drug-likeness (QED) is 0.594. The molecule has 0 aromatic rings. The van der Waals surface area contributed by atoms with Gasteiger partial charge in [0.05, 0.1) is 12.8 Å². The first-order valence-corrected chi connectivity index (χ1v) is 3.29. The molecule has 2 unspecified atom stereocenters. The van der Waals surface area contributed by atoms with Crippen LogP contribution in [-0.4, -0.2) is 31.0 Å². The van der Waals surface area contributed by atoms with Crippen molar-refractivity contribution in [3.63, 3.8) is 0 Å². The van der Waals surface area contributed by atoms with Crippen molar-refractivity contribution in [1.82, 2.24) is 5.32 Å². The number of hydrogen-bond donors (Lipinski definition) is 2. The van der Waals surface area contributed by atoms with Gasteiger partial charge in [0.25, 0.3) is 0 Å². The van der Waals surface area contributed by atoms with Crippen molar-refractivity contribution in [3.05, 3.63) is 0 Å². The molecule has 2 N–H and O–H groups in total. The molecule has 1 rings (SSSR count). The molecular weight excluding hydrogens is 157 g/mol. The third kappa shape index (κ3) is 2.40. The summed E-state index contributed by atoms with van der Waals surface area (Å²) in [7, 11) is 0. The van der Waals surface area contributed by atoms with Gasteiger partial charge in [0, 0.05) is 12.5 Å². The summed E-state index contributed by atoms with van der Waals surface area (Å²) >= 11 is 0. The Hall–Kier alpha value is 0.140. The second-order valence-corrected chi connectivity index (χ2v) is 2.47. The van der Waals surface area contributed by atoms with Crippen molar-refractivity contribution in [2.75, 3.05) is 19.8 Å². The van der Waals surface area contributed by atoms with E-state index >= 15 is 0 Å². The van der Waals surface area contributed by atoms with Gasteiger partial charge in [-0.05, 0) is 13.0 Å². The van der Waals surface area contributed by atoms with E-state index in [0.29, 0.717) is 13.0 Å². The zero-order chi connectivity index (χ0) is 6.69. The molecule has 1 aliphatic rings. The minimum absolute atomic E-state index is 0. The van der Waals surface area contributed by atoms with Crippen molar-refractivity contribution < 1.29 is 9.50 Å². The van der Waals surface area contributed by atoms with Crippen LogP contribution in [0.3, 0.4) is 0 Å². The van der Waals surface area contributed by atoms with Gasteiger partial charge in [0.1, 0.15) is 0 Å². The van der Waals surface area contributed by atoms with Crippen molar-refractivity contribution >= 4 is 12.4 Å². The Balaban J connectivity index is 0.000000810. The number of aliphatic hydroxyl groups excluding tert-OH is 1. The highest BCUT2D eigenvalue weighted by atomic mass is 35.5. The molecule has 2 atom stereocenters. The Morgan fingerprint density at radius 2 is 2.30 bits per heavy atom. The van der Waals surface area contributed by atoms with Crippen LogP contribution in [0, 0.1) is 5.92 Å². The Bertz CT molecular complexity index is 93.8. The molecule has 0 aromatic heterocycles. The van der Waals surface area contributed by atoms with Gasteiger partial charge in [0.2, 0.25) is 0 Å². The normalized spacial score (nSPS) is 33.0. The highest BCUT2D eigenvalue weighted by Gasteiger charge is 2.21. The maximum absolute atomic E-state index is 11.9. The number of halogens is 2. The summed E-state index contributed by atoms with van der Waals surface area (Å²) in [6.45, 7) is 1.03. The minimum atomic E-state index is -0.420. The van der Waals surface area contributed by atoms with Crippen LogP contribution in [0.2, 0.25) is 0 Å². The summed E-state index contributed by atoms with van der Waals surface area (Å²) in [6.07, 6.45) is 0.269. The SMILES string of the molecule is Cl.OC1CCNCC1CF. The van der Waals surface area contributed by atoms with Gasteiger partial charge >= 0.3 is 0 Å². The predicted molar refractivity (Wildman–Crippen MR) is 40.2 cm³/mol. The number of alkyl halides is 1. The smallest absolute Gasteiger partial charge is 0.0959 e. The molecule has 0 radical (unpaired) electrons. The van der Waals surface area contributed by atoms with Crippen molar-refractivity contribution in [3.8, 4) is 0 Å². The lowest BCUT2D eigenvalue weighted by Crippen LogP contribution is -2.40. The first-order chi connectivity index (χ1) is 4.34. The third-order valence-electron chi connectivity index (χ3n) is 1.77. The first-order valence-electron chi connectivity index (χ1n) is 3.29. The lowest BCUT2D eigenvalue weighted by atomic mass is 9.98. The second kappa shape index (κ2) is 4.88. The van der Waals surface area contributed by atoms with E-state index in [1.807, 2.05) is 0 Å². The summed E-state index contributed by atoms with van der Waals surface area (Å²) in [5.74, 6) is -0.168. The van der Waals surface area contributed by atoms with Crippen LogP contribution in [0.15, 0.2) is 0 Å². The molecule has 2 nitrogen and oxygen atoms in total. The summed E-state index contributed by atoms with van der Waals surface area (Å²) in [5, 5.41) is 12.1. The van der Waals surface area contributed by atoms with Gasteiger partial charge in [-0.3, -0.25) is 4.39 Å². The monoisotopic (exact) mass is 169 g/mol. The molecule has 0 aliphatic carbocycles. The molecule has 1 aliphatic heterocycles. The van der Waals surface area contributed by atoms with Crippen LogP contribution in [0.5, 0.6) is 0 Å². The fourth-order valence-corrected chi connectivity index (χ4v) is 1.07. The standard InChI is InChI=1S/C6H12FNO.ClH/c7-3-5-4-8-2-1-6(5)9;/h5-6,8-9H,1-4H2;1H. The molecule has 1 heterocycles. The summed E-state index contributed by atoms with van der Waals surface area (Å²) in [5.41, 5.74) is 0. The number of nitrogens with one attached hydrogen (secondary N) is 1. The first kappa shape index (κ1) is 10.1. The van der Waals surface area contributed by atoms with Gasteiger partial charge in [0.15, 0.2) is 0 Å². The van der Waals surface area contributed by atoms with E-state index < -0.39 is 12.8 Å². The van der Waals surface area contributed by atoms with Crippen LogP contribution < -0.4 is 5.32 Å². The van der Waals surface area contributed by atoms with Gasteiger partial charge < -0.3 is 10.4 Å². The summed E-state index contributed by atoms with van der Waals surface area (Å²) < 4.78 is 11.9. The maximum Gasteiger partial charge on any atom is 0.0959 e. The number of rotatable bonds is 1. The summed E-state index contributed by atoms with van der Waals surface area (Å²) in [4.78, 5) is 0. The van der Waals surface area contributed by atoms with E-state index in [-0.39, 0.29) is 18.3 Å². The average molecular weight is 170 g/mol. The van der Waals surface area contributed by atoms with Crippen LogP contribution in [0.4, 0.5) is 4.39 Å². The van der Waals surface area contributed by atoms with Crippen LogP contribution in [0.1, 0.15) is 6.42 Å². The number of piperidine rings is 1. The van der Waals surface area contributed by atoms with E-state index in [1.54, 1.807) is 0 Å². The Labute approximate surface area is 66.2 Å². The summed E-state index contributed by atoms with van der Waals surface area (Å²) in [6, 6.07) is 0. The fraction of sp³-hybridized carbons (Fsp3) is 1.00. The molecule has 0 saturated carbocycles. The lowest BCUT2D eigenvalue weighted by Gasteiger charge is -2.25. The van der Waals surface area contributed by atoms with Crippen LogP contribution in [0.25, 0.3) is 0 Å². The third-order valence-corrected chi connectivity index (χ3v) is 1.77. The zero-order valence-electron chi connectivity index (χ0n) is 5.72. The lowest BCUT2D eigenvalue weighted by molar-refractivity contribution is 0.0651. The fourth-order valence-electron chi connectivity index (χ4n) is 1.07. The van der Waals surface area contributed by atoms with Crippen LogP contribution >= 0.6 is 12.4 Å². The Morgan fingerprint density at radius 1 is 1.60 bits per heavy atom. The molecule has 0 spiro atoms. The molecule has 1 fully saturated rings. The van der Waals surface area contributed by atoms with Gasteiger partial charge in [-0.1, -0.05) is 0 Å². The maximum atomic E-state index is 11.9. The molecule has 0 bridgehead atoms. The topological polar surface area (TPSA) is 32.3 Å². The molecule has 62 valence electrons. The van der Waals surface area contributed by atoms with Gasteiger partial charge in [-0.15, -0.1) is 12.4 Å². The van der Waals surface area contributed by atoms with E-state index in [1.165, 1.54) is 0 Å². The highest BCUT2D eigenvalue weighted by Crippen LogP contribution is 2.10. The number of aliphatic hydroxyl groups is 1. The number of hydrogen-bond acceptors (Lipinski definition) is 2. The molecule has 4 heteroatoms. The molecule has 0 amide bonds. The predicted octanol–water partition coefficient (Wildman–Crippen LogP) is 0.348. The van der Waals surface area contributed by atoms with E-state index in [9.17, 15) is 4.39 Å². The highest BCUT2D eigenvalue weighted by molar-refractivity contribution is 5.85. The van der Waals surface area contributed by atoms with Gasteiger partial charge in [-0.2, -0.15) is 0 Å². The average Bonchev–Trinajstić information content (AvgIpc) is 1.89. The second-order valence-electron chi connectivity index (χ2n) is 2.47. The molecule has 1 saturated heterocycles. The van der Waals surface area contributed by atoms with Gasteiger partial charge in [-0.25, -0.2) is 0 Å². The van der Waals surface area contributed by atoms with Crippen LogP contribution in [-0.2, 0) is 0 Å². The Kier molecular flexibility index (Phi) is 4.95. The van der Waals surface area contributed by atoms with E-state index in [0.717, 1.165) is 6.54 Å².